The van der Waals surface area contributed by atoms with Gasteiger partial charge in [0.15, 0.2) is 0 Å². The first-order valence-electron chi connectivity index (χ1n) is 11.7. The van der Waals surface area contributed by atoms with Gasteiger partial charge in [-0.2, -0.15) is 0 Å². The standard InChI is InChI=1S/C28H31FN2O3/c1-28(2,3)34-27(32)31(18-20-10-6-4-7-11-20)22-14-15-25-23(16-22)24(29)17-26(30-25)33-19-21-12-8-5-9-13-21/h4-13,17,22H,14-16,18-19H2,1-3H3. The number of nitrogens with zero attached hydrogens (tertiary/aromatic N) is 2. The van der Waals surface area contributed by atoms with E-state index >= 15 is 4.39 Å². The number of carbonyl (C=O) groups is 1. The van der Waals surface area contributed by atoms with Crippen molar-refractivity contribution in [3.05, 3.63) is 94.9 Å². The molecule has 0 bridgehead atoms. The van der Waals surface area contributed by atoms with Gasteiger partial charge in [-0.05, 0) is 51.2 Å². The van der Waals surface area contributed by atoms with Gasteiger partial charge in [-0.15, -0.1) is 0 Å². The first-order chi connectivity index (χ1) is 16.3. The average Bonchev–Trinajstić information content (AvgIpc) is 2.81. The zero-order chi connectivity index (χ0) is 24.1. The maximum Gasteiger partial charge on any atom is 0.410 e. The number of amides is 1. The molecule has 34 heavy (non-hydrogen) atoms. The molecule has 0 saturated carbocycles. The van der Waals surface area contributed by atoms with E-state index in [0.717, 1.165) is 11.1 Å². The molecule has 0 spiro atoms. The summed E-state index contributed by atoms with van der Waals surface area (Å²) in [7, 11) is 0. The van der Waals surface area contributed by atoms with Crippen molar-refractivity contribution in [3.63, 3.8) is 0 Å². The zero-order valence-corrected chi connectivity index (χ0v) is 20.0. The van der Waals surface area contributed by atoms with Crippen molar-refractivity contribution in [3.8, 4) is 5.88 Å². The molecule has 0 N–H and O–H groups in total. The van der Waals surface area contributed by atoms with Crippen LogP contribution in [-0.2, 0) is 30.7 Å². The first-order valence-corrected chi connectivity index (χ1v) is 11.7. The molecule has 2 aromatic carbocycles. The molecule has 4 rings (SSSR count). The summed E-state index contributed by atoms with van der Waals surface area (Å²) in [5.74, 6) is -0.0616. The highest BCUT2D eigenvalue weighted by molar-refractivity contribution is 5.68. The molecule has 5 nitrogen and oxygen atoms in total. The average molecular weight is 463 g/mol. The van der Waals surface area contributed by atoms with E-state index in [-0.39, 0.29) is 23.8 Å². The molecule has 178 valence electrons. The summed E-state index contributed by atoms with van der Waals surface area (Å²) in [6.45, 7) is 6.29. The SMILES string of the molecule is CC(C)(C)OC(=O)N(Cc1ccccc1)C1CCc2nc(OCc3ccccc3)cc(F)c2C1. The minimum absolute atomic E-state index is 0.185. The Morgan fingerprint density at radius 2 is 1.71 bits per heavy atom. The fourth-order valence-electron chi connectivity index (χ4n) is 4.14. The highest BCUT2D eigenvalue weighted by atomic mass is 19.1. The Morgan fingerprint density at radius 3 is 2.35 bits per heavy atom. The number of ether oxygens (including phenoxy) is 2. The van der Waals surface area contributed by atoms with E-state index in [4.69, 9.17) is 9.47 Å². The topological polar surface area (TPSA) is 51.7 Å². The molecule has 0 radical (unpaired) electrons. The van der Waals surface area contributed by atoms with Crippen LogP contribution in [0.4, 0.5) is 9.18 Å². The highest BCUT2D eigenvalue weighted by Crippen LogP contribution is 2.30. The highest BCUT2D eigenvalue weighted by Gasteiger charge is 2.33. The molecule has 1 aliphatic rings. The summed E-state index contributed by atoms with van der Waals surface area (Å²) >= 11 is 0. The first kappa shape index (κ1) is 23.7. The Morgan fingerprint density at radius 1 is 1.06 bits per heavy atom. The largest absolute Gasteiger partial charge is 0.473 e. The number of aryl methyl sites for hydroxylation is 1. The normalized spacial score (nSPS) is 15.4. The van der Waals surface area contributed by atoms with Gasteiger partial charge in [-0.25, -0.2) is 14.2 Å². The van der Waals surface area contributed by atoms with E-state index in [2.05, 4.69) is 4.98 Å². The van der Waals surface area contributed by atoms with E-state index in [1.807, 2.05) is 81.4 Å². The molecule has 3 aromatic rings. The summed E-state index contributed by atoms with van der Waals surface area (Å²) in [6.07, 6.45) is 1.24. The van der Waals surface area contributed by atoms with Crippen molar-refractivity contribution in [2.24, 2.45) is 0 Å². The van der Waals surface area contributed by atoms with Gasteiger partial charge in [0.05, 0.1) is 5.69 Å². The molecule has 0 aliphatic heterocycles. The summed E-state index contributed by atoms with van der Waals surface area (Å²) in [5, 5.41) is 0. The van der Waals surface area contributed by atoms with Gasteiger partial charge in [0.2, 0.25) is 5.88 Å². The third-order valence-corrected chi connectivity index (χ3v) is 5.78. The fourth-order valence-corrected chi connectivity index (χ4v) is 4.14. The van der Waals surface area contributed by atoms with Crippen LogP contribution in [0.15, 0.2) is 66.7 Å². The van der Waals surface area contributed by atoms with Gasteiger partial charge in [-0.3, -0.25) is 0 Å². The smallest absolute Gasteiger partial charge is 0.410 e. The minimum Gasteiger partial charge on any atom is -0.473 e. The number of rotatable bonds is 6. The lowest BCUT2D eigenvalue weighted by atomic mass is 9.90. The maximum absolute atomic E-state index is 15.1. The van der Waals surface area contributed by atoms with Crippen molar-refractivity contribution in [2.45, 2.75) is 64.8 Å². The van der Waals surface area contributed by atoms with Crippen LogP contribution in [0.3, 0.4) is 0 Å². The summed E-state index contributed by atoms with van der Waals surface area (Å²) in [4.78, 5) is 19.4. The molecule has 1 aromatic heterocycles. The van der Waals surface area contributed by atoms with Crippen LogP contribution in [0.25, 0.3) is 0 Å². The molecule has 6 heteroatoms. The van der Waals surface area contributed by atoms with Crippen molar-refractivity contribution < 1.29 is 18.7 Å². The molecular weight excluding hydrogens is 431 g/mol. The fraction of sp³-hybridized carbons (Fsp3) is 0.357. The monoisotopic (exact) mass is 462 g/mol. The predicted molar refractivity (Wildman–Crippen MR) is 129 cm³/mol. The van der Waals surface area contributed by atoms with Crippen LogP contribution >= 0.6 is 0 Å². The van der Waals surface area contributed by atoms with Crippen LogP contribution in [0, 0.1) is 5.82 Å². The minimum atomic E-state index is -0.615. The number of halogens is 1. The molecular formula is C28H31FN2O3. The van der Waals surface area contributed by atoms with Gasteiger partial charge in [0.1, 0.15) is 18.0 Å². The second-order valence-electron chi connectivity index (χ2n) is 9.63. The predicted octanol–water partition coefficient (Wildman–Crippen LogP) is 6.09. The van der Waals surface area contributed by atoms with Gasteiger partial charge < -0.3 is 14.4 Å². The number of hydrogen-bond donors (Lipinski definition) is 0. The maximum atomic E-state index is 15.1. The van der Waals surface area contributed by atoms with Gasteiger partial charge in [-0.1, -0.05) is 60.7 Å². The quantitative estimate of drug-likeness (QED) is 0.445. The Hall–Kier alpha value is -3.41. The third-order valence-electron chi connectivity index (χ3n) is 5.78. The Balaban J connectivity index is 1.52. The second-order valence-corrected chi connectivity index (χ2v) is 9.63. The lowest BCUT2D eigenvalue weighted by molar-refractivity contribution is 0.0122. The lowest BCUT2D eigenvalue weighted by Crippen LogP contribution is -2.45. The molecule has 0 fully saturated rings. The van der Waals surface area contributed by atoms with Crippen LogP contribution in [0.2, 0.25) is 0 Å². The van der Waals surface area contributed by atoms with Gasteiger partial charge >= 0.3 is 6.09 Å². The van der Waals surface area contributed by atoms with E-state index < -0.39 is 5.60 Å². The molecule has 1 aliphatic carbocycles. The number of aromatic nitrogens is 1. The third kappa shape index (κ3) is 6.13. The Kier molecular flexibility index (Phi) is 7.15. The molecule has 1 atom stereocenters. The van der Waals surface area contributed by atoms with Gasteiger partial charge in [0.25, 0.3) is 0 Å². The lowest BCUT2D eigenvalue weighted by Gasteiger charge is -2.36. The zero-order valence-electron chi connectivity index (χ0n) is 20.0. The van der Waals surface area contributed by atoms with E-state index in [9.17, 15) is 4.79 Å². The van der Waals surface area contributed by atoms with Crippen molar-refractivity contribution >= 4 is 6.09 Å². The van der Waals surface area contributed by atoms with Crippen molar-refractivity contribution in [1.82, 2.24) is 9.88 Å². The van der Waals surface area contributed by atoms with E-state index in [1.54, 1.807) is 4.90 Å². The Bertz CT molecular complexity index is 1110. The van der Waals surface area contributed by atoms with E-state index in [0.29, 0.717) is 43.7 Å². The number of hydrogen-bond acceptors (Lipinski definition) is 4. The van der Waals surface area contributed by atoms with Crippen molar-refractivity contribution in [2.75, 3.05) is 0 Å². The number of fused-ring (bicyclic) bond motifs is 1. The molecule has 1 unspecified atom stereocenters. The van der Waals surface area contributed by atoms with Crippen LogP contribution in [0.1, 0.15) is 49.6 Å². The number of benzene rings is 2. The van der Waals surface area contributed by atoms with Crippen LogP contribution in [-0.4, -0.2) is 27.6 Å². The number of pyridine rings is 1. The van der Waals surface area contributed by atoms with Gasteiger partial charge in [0, 0.05) is 24.2 Å². The molecule has 1 heterocycles. The van der Waals surface area contributed by atoms with Crippen LogP contribution < -0.4 is 4.74 Å². The molecule has 0 saturated heterocycles. The summed E-state index contributed by atoms with van der Waals surface area (Å²) in [6, 6.07) is 20.7. The Labute approximate surface area is 200 Å². The molecule has 1 amide bonds. The summed E-state index contributed by atoms with van der Waals surface area (Å²) < 4.78 is 26.6. The number of carbonyl (C=O) groups excluding carboxylic acids is 1. The van der Waals surface area contributed by atoms with E-state index in [1.165, 1.54) is 6.07 Å². The summed E-state index contributed by atoms with van der Waals surface area (Å²) in [5.41, 5.74) is 2.63. The second kappa shape index (κ2) is 10.2. The van der Waals surface area contributed by atoms with Crippen LogP contribution in [0.5, 0.6) is 5.88 Å². The van der Waals surface area contributed by atoms with Crippen molar-refractivity contribution in [1.29, 1.82) is 0 Å².